The van der Waals surface area contributed by atoms with E-state index >= 15 is 0 Å². The van der Waals surface area contributed by atoms with Gasteiger partial charge in [0.05, 0.1) is 5.02 Å². The van der Waals surface area contributed by atoms with Crippen LogP contribution in [0, 0.1) is 0 Å². The van der Waals surface area contributed by atoms with E-state index in [1.807, 2.05) is 60.7 Å². The Morgan fingerprint density at radius 2 is 1.56 bits per heavy atom. The molecule has 0 radical (unpaired) electrons. The zero-order valence-corrected chi connectivity index (χ0v) is 21.5. The molecule has 1 fully saturated rings. The molecule has 0 aliphatic heterocycles. The number of amides is 2. The van der Waals surface area contributed by atoms with Gasteiger partial charge in [0.1, 0.15) is 11.8 Å². The fraction of sp³-hybridized carbons (Fsp3) is 0.310. The molecule has 5 nitrogen and oxygen atoms in total. The minimum absolute atomic E-state index is 0.139. The number of ether oxygens (including phenoxy) is 1. The lowest BCUT2D eigenvalue weighted by Gasteiger charge is -2.32. The Balaban J connectivity index is 1.60. The van der Waals surface area contributed by atoms with Crippen molar-refractivity contribution in [2.24, 2.45) is 0 Å². The van der Waals surface area contributed by atoms with Crippen molar-refractivity contribution in [2.45, 2.75) is 50.7 Å². The Morgan fingerprint density at radius 1 is 0.917 bits per heavy atom. The molecule has 3 aromatic carbocycles. The number of nitrogens with one attached hydrogen (secondary N) is 1. The maximum absolute atomic E-state index is 13.6. The number of carbonyl (C=O) groups is 2. The third-order valence-electron chi connectivity index (χ3n) is 6.41. The van der Waals surface area contributed by atoms with Gasteiger partial charge in [0, 0.05) is 24.0 Å². The Morgan fingerprint density at radius 3 is 2.19 bits per heavy atom. The van der Waals surface area contributed by atoms with Gasteiger partial charge in [-0.1, -0.05) is 96.7 Å². The third-order valence-corrected chi connectivity index (χ3v) is 6.94. The number of carbonyl (C=O) groups excluding carboxylic acids is 2. The minimum Gasteiger partial charge on any atom is -0.482 e. The summed E-state index contributed by atoms with van der Waals surface area (Å²) in [6.07, 6.45) is 4.55. The summed E-state index contributed by atoms with van der Waals surface area (Å²) in [6.45, 7) is 0.0309. The smallest absolute Gasteiger partial charge is 0.261 e. The van der Waals surface area contributed by atoms with E-state index in [2.05, 4.69) is 5.32 Å². The maximum Gasteiger partial charge on any atom is 0.261 e. The second kappa shape index (κ2) is 12.8. The molecule has 36 heavy (non-hydrogen) atoms. The highest BCUT2D eigenvalue weighted by atomic mass is 35.5. The Labute approximate surface area is 222 Å². The fourth-order valence-corrected chi connectivity index (χ4v) is 4.98. The summed E-state index contributed by atoms with van der Waals surface area (Å²) in [5, 5.41) is 4.01. The first kappa shape index (κ1) is 26.1. The lowest BCUT2D eigenvalue weighted by molar-refractivity contribution is -0.143. The van der Waals surface area contributed by atoms with Crippen LogP contribution in [0.1, 0.15) is 36.8 Å². The van der Waals surface area contributed by atoms with Crippen LogP contribution in [0.4, 0.5) is 0 Å². The largest absolute Gasteiger partial charge is 0.482 e. The van der Waals surface area contributed by atoms with Crippen LogP contribution < -0.4 is 10.1 Å². The zero-order valence-electron chi connectivity index (χ0n) is 20.0. The summed E-state index contributed by atoms with van der Waals surface area (Å²) in [4.78, 5) is 28.9. The van der Waals surface area contributed by atoms with E-state index in [1.54, 1.807) is 23.1 Å². The molecular weight excluding hydrogens is 495 g/mol. The lowest BCUT2D eigenvalue weighted by Crippen LogP contribution is -2.53. The summed E-state index contributed by atoms with van der Waals surface area (Å²) < 4.78 is 5.77. The van der Waals surface area contributed by atoms with Crippen molar-refractivity contribution < 1.29 is 14.3 Å². The highest BCUT2D eigenvalue weighted by Crippen LogP contribution is 2.28. The summed E-state index contributed by atoms with van der Waals surface area (Å²) in [5.41, 5.74) is 1.92. The van der Waals surface area contributed by atoms with E-state index < -0.39 is 6.04 Å². The van der Waals surface area contributed by atoms with Gasteiger partial charge in [0.15, 0.2) is 6.61 Å². The van der Waals surface area contributed by atoms with Crippen molar-refractivity contribution in [3.8, 4) is 5.75 Å². The van der Waals surface area contributed by atoms with Crippen LogP contribution in [0.15, 0.2) is 78.9 Å². The molecule has 7 heteroatoms. The first-order valence-electron chi connectivity index (χ1n) is 12.2. The Kier molecular flexibility index (Phi) is 9.26. The van der Waals surface area contributed by atoms with Gasteiger partial charge in [-0.25, -0.2) is 0 Å². The predicted octanol–water partition coefficient (Wildman–Crippen LogP) is 6.07. The number of nitrogens with zero attached hydrogens (tertiary/aromatic N) is 1. The summed E-state index contributed by atoms with van der Waals surface area (Å²) in [6, 6.07) is 23.8. The fourth-order valence-electron chi connectivity index (χ4n) is 4.52. The monoisotopic (exact) mass is 524 g/mol. The number of halogens is 2. The van der Waals surface area contributed by atoms with E-state index in [9.17, 15) is 9.59 Å². The van der Waals surface area contributed by atoms with Gasteiger partial charge in [0.25, 0.3) is 5.91 Å². The second-order valence-corrected chi connectivity index (χ2v) is 9.91. The van der Waals surface area contributed by atoms with Crippen molar-refractivity contribution in [2.75, 3.05) is 6.61 Å². The number of rotatable bonds is 10. The van der Waals surface area contributed by atoms with Gasteiger partial charge < -0.3 is 15.0 Å². The van der Waals surface area contributed by atoms with Gasteiger partial charge in [-0.05, 0) is 42.2 Å². The first-order valence-corrected chi connectivity index (χ1v) is 13.0. The summed E-state index contributed by atoms with van der Waals surface area (Å²) in [7, 11) is 0. The number of hydrogen-bond donors (Lipinski definition) is 1. The summed E-state index contributed by atoms with van der Waals surface area (Å²) >= 11 is 12.2. The van der Waals surface area contributed by atoms with E-state index in [1.165, 1.54) is 0 Å². The van der Waals surface area contributed by atoms with Crippen molar-refractivity contribution in [3.63, 3.8) is 0 Å². The molecule has 1 aliphatic carbocycles. The van der Waals surface area contributed by atoms with Gasteiger partial charge >= 0.3 is 0 Å². The molecule has 0 bridgehead atoms. The average Bonchev–Trinajstić information content (AvgIpc) is 3.39. The molecule has 0 spiro atoms. The molecule has 4 rings (SSSR count). The van der Waals surface area contributed by atoms with Crippen LogP contribution in [0.2, 0.25) is 10.0 Å². The van der Waals surface area contributed by atoms with Gasteiger partial charge in [-0.15, -0.1) is 0 Å². The summed E-state index contributed by atoms with van der Waals surface area (Å²) in [5.74, 6) is -0.0731. The third kappa shape index (κ3) is 7.25. The number of hydrogen-bond acceptors (Lipinski definition) is 3. The zero-order chi connectivity index (χ0) is 25.3. The molecule has 1 aliphatic rings. The SMILES string of the molecule is O=C(NC1CCCC1)C(Cc1ccccc1)N(Cc1ccccc1)C(=O)COc1ccc(Cl)cc1Cl. The molecule has 0 aromatic heterocycles. The topological polar surface area (TPSA) is 58.6 Å². The number of benzene rings is 3. The van der Waals surface area contributed by atoms with Crippen LogP contribution in [-0.2, 0) is 22.6 Å². The van der Waals surface area contributed by atoms with Crippen molar-refractivity contribution >= 4 is 35.0 Å². The average molecular weight is 525 g/mol. The Hall–Kier alpha value is -3.02. The van der Waals surface area contributed by atoms with Crippen LogP contribution in [0.3, 0.4) is 0 Å². The quantitative estimate of drug-likeness (QED) is 0.350. The second-order valence-electron chi connectivity index (χ2n) is 9.07. The minimum atomic E-state index is -0.690. The normalized spacial score (nSPS) is 14.3. The molecular formula is C29H30Cl2N2O3. The van der Waals surface area contributed by atoms with Gasteiger partial charge in [-0.2, -0.15) is 0 Å². The van der Waals surface area contributed by atoms with Crippen LogP contribution in [0.25, 0.3) is 0 Å². The van der Waals surface area contributed by atoms with Crippen molar-refractivity contribution in [1.29, 1.82) is 0 Å². The van der Waals surface area contributed by atoms with E-state index in [4.69, 9.17) is 27.9 Å². The highest BCUT2D eigenvalue weighted by molar-refractivity contribution is 6.35. The van der Waals surface area contributed by atoms with Crippen molar-refractivity contribution in [3.05, 3.63) is 100 Å². The molecule has 1 saturated carbocycles. The van der Waals surface area contributed by atoms with Crippen LogP contribution in [-0.4, -0.2) is 35.4 Å². The van der Waals surface area contributed by atoms with E-state index in [-0.39, 0.29) is 31.0 Å². The van der Waals surface area contributed by atoms with Crippen LogP contribution in [0.5, 0.6) is 5.75 Å². The molecule has 1 N–H and O–H groups in total. The molecule has 188 valence electrons. The van der Waals surface area contributed by atoms with Gasteiger partial charge in [0.2, 0.25) is 5.91 Å². The predicted molar refractivity (Wildman–Crippen MR) is 143 cm³/mol. The molecule has 0 heterocycles. The van der Waals surface area contributed by atoms with E-state index in [0.717, 1.165) is 36.8 Å². The molecule has 0 saturated heterocycles. The highest BCUT2D eigenvalue weighted by Gasteiger charge is 2.32. The lowest BCUT2D eigenvalue weighted by atomic mass is 10.0. The maximum atomic E-state index is 13.6. The van der Waals surface area contributed by atoms with E-state index in [0.29, 0.717) is 22.2 Å². The molecule has 1 atom stereocenters. The standard InChI is InChI=1S/C29H30Cl2N2O3/c30-23-15-16-27(25(31)18-23)36-20-28(34)33(19-22-11-5-2-6-12-22)26(17-21-9-3-1-4-10-21)29(35)32-24-13-7-8-14-24/h1-6,9-12,15-16,18,24,26H,7-8,13-14,17,19-20H2,(H,32,35). The van der Waals surface area contributed by atoms with Crippen molar-refractivity contribution in [1.82, 2.24) is 10.2 Å². The molecule has 1 unspecified atom stereocenters. The molecule has 3 aromatic rings. The molecule has 2 amide bonds. The van der Waals surface area contributed by atoms with Gasteiger partial charge in [-0.3, -0.25) is 9.59 Å². The van der Waals surface area contributed by atoms with Crippen LogP contribution >= 0.6 is 23.2 Å². The Bertz CT molecular complexity index is 1150. The first-order chi connectivity index (χ1) is 17.5.